The van der Waals surface area contributed by atoms with E-state index in [4.69, 9.17) is 10.5 Å². The van der Waals surface area contributed by atoms with Gasteiger partial charge in [0.05, 0.1) is 19.8 Å². The lowest BCUT2D eigenvalue weighted by Gasteiger charge is -2.22. The third kappa shape index (κ3) is 3.30. The second-order valence-electron chi connectivity index (χ2n) is 5.17. The molecule has 0 bridgehead atoms. The number of carbonyl (C=O) groups is 1. The second-order valence-corrected chi connectivity index (χ2v) is 5.17. The highest BCUT2D eigenvalue weighted by Gasteiger charge is 2.19. The van der Waals surface area contributed by atoms with Crippen LogP contribution in [0.5, 0.6) is 0 Å². The summed E-state index contributed by atoms with van der Waals surface area (Å²) in [5, 5.41) is 0. The topological polar surface area (TPSA) is 79.4 Å². The van der Waals surface area contributed by atoms with Crippen molar-refractivity contribution >= 4 is 11.8 Å². The van der Waals surface area contributed by atoms with E-state index in [1.807, 2.05) is 6.92 Å². The van der Waals surface area contributed by atoms with Crippen LogP contribution in [0.1, 0.15) is 48.4 Å². The quantitative estimate of drug-likeness (QED) is 0.834. The molecular formula is C14H23N3O3. The summed E-state index contributed by atoms with van der Waals surface area (Å²) in [6, 6.07) is 0. The number of hydrogen-bond donors (Lipinski definition) is 1. The molecule has 0 atom stereocenters. The van der Waals surface area contributed by atoms with E-state index >= 15 is 0 Å². The van der Waals surface area contributed by atoms with Gasteiger partial charge in [-0.1, -0.05) is 19.3 Å². The van der Waals surface area contributed by atoms with E-state index < -0.39 is 5.97 Å². The van der Waals surface area contributed by atoms with Crippen LogP contribution in [0.3, 0.4) is 0 Å². The van der Waals surface area contributed by atoms with E-state index in [0.29, 0.717) is 30.9 Å². The summed E-state index contributed by atoms with van der Waals surface area (Å²) < 4.78 is 12.3. The first kappa shape index (κ1) is 14.8. The molecule has 0 saturated heterocycles. The normalized spacial score (nSPS) is 16.3. The number of ether oxygens (including phenoxy) is 2. The van der Waals surface area contributed by atoms with E-state index in [9.17, 15) is 4.79 Å². The fraction of sp³-hybridized carbons (Fsp3) is 0.714. The van der Waals surface area contributed by atoms with Crippen molar-refractivity contribution in [1.29, 1.82) is 0 Å². The Morgan fingerprint density at radius 3 is 2.75 bits per heavy atom. The van der Waals surface area contributed by atoms with Crippen LogP contribution in [0.4, 0.5) is 5.82 Å². The van der Waals surface area contributed by atoms with Crippen molar-refractivity contribution in [3.8, 4) is 0 Å². The minimum atomic E-state index is -0.502. The summed E-state index contributed by atoms with van der Waals surface area (Å²) >= 11 is 0. The van der Waals surface area contributed by atoms with Crippen molar-refractivity contribution < 1.29 is 14.3 Å². The molecule has 6 nitrogen and oxygen atoms in total. The maximum atomic E-state index is 11.5. The molecule has 2 rings (SSSR count). The summed E-state index contributed by atoms with van der Waals surface area (Å²) in [6.45, 7) is 3.02. The van der Waals surface area contributed by atoms with Crippen LogP contribution in [-0.4, -0.2) is 35.3 Å². The number of methoxy groups -OCH3 is 1. The number of carbonyl (C=O) groups excluding carboxylic acids is 1. The van der Waals surface area contributed by atoms with Crippen LogP contribution in [-0.2, 0) is 16.0 Å². The van der Waals surface area contributed by atoms with Gasteiger partial charge < -0.3 is 19.8 Å². The Hall–Kier alpha value is -1.56. The number of aromatic nitrogens is 2. The third-order valence-electron chi connectivity index (χ3n) is 3.80. The van der Waals surface area contributed by atoms with Crippen molar-refractivity contribution in [2.75, 3.05) is 19.5 Å². The smallest absolute Gasteiger partial charge is 0.360 e. The lowest BCUT2D eigenvalue weighted by molar-refractivity contribution is 0.0240. The van der Waals surface area contributed by atoms with Gasteiger partial charge in [-0.05, 0) is 19.8 Å². The standard InChI is InChI=1S/C14H23N3O3/c1-10-16-12(14(18)19-2)13(15)17(10)8-9-20-11-6-4-3-5-7-11/h11H,3-9,15H2,1-2H3. The second kappa shape index (κ2) is 6.74. The van der Waals surface area contributed by atoms with E-state index in [0.717, 1.165) is 12.8 Å². The fourth-order valence-corrected chi connectivity index (χ4v) is 2.65. The molecule has 0 amide bonds. The minimum Gasteiger partial charge on any atom is -0.464 e. The molecule has 6 heteroatoms. The molecule has 0 radical (unpaired) electrons. The SMILES string of the molecule is COC(=O)c1nc(C)n(CCOC2CCCCC2)c1N. The van der Waals surface area contributed by atoms with Gasteiger partial charge >= 0.3 is 5.97 Å². The molecule has 0 unspecified atom stereocenters. The first-order valence-corrected chi connectivity index (χ1v) is 7.16. The Balaban J connectivity index is 1.92. The van der Waals surface area contributed by atoms with Crippen LogP contribution in [0.25, 0.3) is 0 Å². The molecule has 1 heterocycles. The first-order chi connectivity index (χ1) is 9.63. The van der Waals surface area contributed by atoms with E-state index in [2.05, 4.69) is 9.72 Å². The molecule has 112 valence electrons. The van der Waals surface area contributed by atoms with Gasteiger partial charge in [-0.3, -0.25) is 0 Å². The molecule has 2 N–H and O–H groups in total. The molecule has 0 aromatic carbocycles. The molecule has 1 aromatic rings. The van der Waals surface area contributed by atoms with Crippen molar-refractivity contribution in [2.45, 2.75) is 51.7 Å². The molecule has 1 aliphatic carbocycles. The van der Waals surface area contributed by atoms with Gasteiger partial charge in [-0.15, -0.1) is 0 Å². The zero-order chi connectivity index (χ0) is 14.5. The molecule has 20 heavy (non-hydrogen) atoms. The number of nitrogens with two attached hydrogens (primary N) is 1. The number of hydrogen-bond acceptors (Lipinski definition) is 5. The molecular weight excluding hydrogens is 258 g/mol. The summed E-state index contributed by atoms with van der Waals surface area (Å²) in [7, 11) is 1.32. The molecule has 1 fully saturated rings. The third-order valence-corrected chi connectivity index (χ3v) is 3.80. The Morgan fingerprint density at radius 1 is 1.40 bits per heavy atom. The first-order valence-electron chi connectivity index (χ1n) is 7.16. The molecule has 0 aliphatic heterocycles. The van der Waals surface area contributed by atoms with Crippen molar-refractivity contribution in [3.05, 3.63) is 11.5 Å². The van der Waals surface area contributed by atoms with Crippen LogP contribution in [0, 0.1) is 6.92 Å². The Morgan fingerprint density at radius 2 is 2.10 bits per heavy atom. The fourth-order valence-electron chi connectivity index (χ4n) is 2.65. The Bertz CT molecular complexity index is 464. The molecule has 1 aromatic heterocycles. The average molecular weight is 281 g/mol. The number of rotatable bonds is 5. The Kier molecular flexibility index (Phi) is 5.00. The highest BCUT2D eigenvalue weighted by Crippen LogP contribution is 2.21. The average Bonchev–Trinajstić information content (AvgIpc) is 2.75. The number of aryl methyl sites for hydroxylation is 1. The van der Waals surface area contributed by atoms with Gasteiger partial charge in [0.15, 0.2) is 5.69 Å². The predicted octanol–water partition coefficient (Wildman–Crippen LogP) is 1.91. The number of nitrogens with zero attached hydrogens (tertiary/aromatic N) is 2. The maximum absolute atomic E-state index is 11.5. The van der Waals surface area contributed by atoms with Gasteiger partial charge in [0.25, 0.3) is 0 Å². The van der Waals surface area contributed by atoms with Gasteiger partial charge in [0, 0.05) is 6.54 Å². The van der Waals surface area contributed by atoms with Gasteiger partial charge in [-0.25, -0.2) is 9.78 Å². The predicted molar refractivity (Wildman–Crippen MR) is 75.5 cm³/mol. The van der Waals surface area contributed by atoms with E-state index in [1.165, 1.54) is 26.4 Å². The van der Waals surface area contributed by atoms with Gasteiger partial charge in [0.2, 0.25) is 0 Å². The number of imidazole rings is 1. The highest BCUT2D eigenvalue weighted by molar-refractivity contribution is 5.92. The summed E-state index contributed by atoms with van der Waals surface area (Å²) in [5.41, 5.74) is 6.13. The monoisotopic (exact) mass is 281 g/mol. The van der Waals surface area contributed by atoms with Gasteiger partial charge in [0.1, 0.15) is 11.6 Å². The van der Waals surface area contributed by atoms with Crippen molar-refractivity contribution in [2.24, 2.45) is 0 Å². The largest absolute Gasteiger partial charge is 0.464 e. The molecule has 0 spiro atoms. The highest BCUT2D eigenvalue weighted by atomic mass is 16.5. The number of nitrogen functional groups attached to an aromatic ring is 1. The summed E-state index contributed by atoms with van der Waals surface area (Å²) in [5.74, 6) is 0.550. The minimum absolute atomic E-state index is 0.183. The molecule has 1 saturated carbocycles. The number of anilines is 1. The van der Waals surface area contributed by atoms with Crippen LogP contribution >= 0.6 is 0 Å². The summed E-state index contributed by atoms with van der Waals surface area (Å²) in [6.07, 6.45) is 6.48. The summed E-state index contributed by atoms with van der Waals surface area (Å²) in [4.78, 5) is 15.7. The van der Waals surface area contributed by atoms with E-state index in [1.54, 1.807) is 4.57 Å². The van der Waals surface area contributed by atoms with Crippen molar-refractivity contribution in [1.82, 2.24) is 9.55 Å². The van der Waals surface area contributed by atoms with Crippen LogP contribution in [0.2, 0.25) is 0 Å². The van der Waals surface area contributed by atoms with E-state index in [-0.39, 0.29) is 5.69 Å². The lowest BCUT2D eigenvalue weighted by atomic mass is 9.98. The van der Waals surface area contributed by atoms with Gasteiger partial charge in [-0.2, -0.15) is 0 Å². The van der Waals surface area contributed by atoms with Crippen LogP contribution < -0.4 is 5.73 Å². The maximum Gasteiger partial charge on any atom is 0.360 e. The zero-order valence-corrected chi connectivity index (χ0v) is 12.2. The van der Waals surface area contributed by atoms with Crippen molar-refractivity contribution in [3.63, 3.8) is 0 Å². The number of esters is 1. The zero-order valence-electron chi connectivity index (χ0n) is 12.2. The van der Waals surface area contributed by atoms with Crippen LogP contribution in [0.15, 0.2) is 0 Å². The lowest BCUT2D eigenvalue weighted by Crippen LogP contribution is -2.20. The Labute approximate surface area is 119 Å². The molecule has 1 aliphatic rings.